The molecule has 2 N–H and O–H groups in total. The number of halogens is 1. The van der Waals surface area contributed by atoms with Crippen molar-refractivity contribution in [2.45, 2.75) is 18.4 Å². The highest BCUT2D eigenvalue weighted by molar-refractivity contribution is 7.90. The van der Waals surface area contributed by atoms with Gasteiger partial charge in [-0.05, 0) is 24.6 Å². The summed E-state index contributed by atoms with van der Waals surface area (Å²) in [5, 5.41) is 0. The Morgan fingerprint density at radius 1 is 1.35 bits per heavy atom. The number of ether oxygens (including phenoxy) is 1. The van der Waals surface area contributed by atoms with E-state index in [2.05, 4.69) is 4.52 Å². The van der Waals surface area contributed by atoms with Gasteiger partial charge in [0.2, 0.25) is 0 Å². The van der Waals surface area contributed by atoms with Gasteiger partial charge in [0, 0.05) is 11.8 Å². The summed E-state index contributed by atoms with van der Waals surface area (Å²) in [7, 11) is -8.35. The Bertz CT molecular complexity index is 637. The highest BCUT2D eigenvalue weighted by Crippen LogP contribution is 2.35. The highest BCUT2D eigenvalue weighted by Gasteiger charge is 2.19. The van der Waals surface area contributed by atoms with Crippen molar-refractivity contribution in [3.8, 4) is 0 Å². The first-order valence-corrected chi connectivity index (χ1v) is 8.70. The second kappa shape index (κ2) is 6.30. The molecule has 0 unspecified atom stereocenters. The molecule has 1 aromatic rings. The van der Waals surface area contributed by atoms with E-state index in [1.165, 1.54) is 6.07 Å². The van der Waals surface area contributed by atoms with E-state index in [-0.39, 0.29) is 10.5 Å². The largest absolute Gasteiger partial charge is 0.471 e. The summed E-state index contributed by atoms with van der Waals surface area (Å²) in [6.45, 7) is 0.259. The summed E-state index contributed by atoms with van der Waals surface area (Å²) in [6.07, 6.45) is 0.927. The molecular weight excluding hydrogens is 314 g/mol. The van der Waals surface area contributed by atoms with Crippen molar-refractivity contribution in [2.75, 3.05) is 13.0 Å². The molecule has 0 spiro atoms. The molecule has 20 heavy (non-hydrogen) atoms. The Morgan fingerprint density at radius 2 is 1.95 bits per heavy atom. The van der Waals surface area contributed by atoms with Crippen molar-refractivity contribution in [1.82, 2.24) is 0 Å². The molecule has 0 radical (unpaired) electrons. The maximum atomic E-state index is 13.8. The molecule has 0 aliphatic rings. The molecule has 114 valence electrons. The highest BCUT2D eigenvalue weighted by atomic mass is 32.2. The smallest absolute Gasteiger partial charge is 0.350 e. The average Bonchev–Trinajstić information content (AvgIpc) is 2.23. The van der Waals surface area contributed by atoms with Crippen LogP contribution in [0.1, 0.15) is 11.1 Å². The van der Waals surface area contributed by atoms with Gasteiger partial charge in [0.1, 0.15) is 5.82 Å². The first-order valence-electron chi connectivity index (χ1n) is 5.27. The molecular formula is C10H14FO7PS. The van der Waals surface area contributed by atoms with Crippen molar-refractivity contribution in [1.29, 1.82) is 0 Å². The van der Waals surface area contributed by atoms with E-state index < -0.39 is 36.9 Å². The Morgan fingerprint density at radius 3 is 2.45 bits per heavy atom. The fourth-order valence-corrected chi connectivity index (χ4v) is 2.68. The monoisotopic (exact) mass is 328 g/mol. The van der Waals surface area contributed by atoms with Crippen molar-refractivity contribution < 1.29 is 36.4 Å². The van der Waals surface area contributed by atoms with Crippen LogP contribution in [0.3, 0.4) is 0 Å². The molecule has 0 amide bonds. The van der Waals surface area contributed by atoms with Crippen LogP contribution in [0.25, 0.3) is 0 Å². The van der Waals surface area contributed by atoms with Gasteiger partial charge >= 0.3 is 7.82 Å². The predicted octanol–water partition coefficient (Wildman–Crippen LogP) is 1.12. The van der Waals surface area contributed by atoms with Crippen LogP contribution in [0.4, 0.5) is 4.39 Å². The molecule has 0 fully saturated rings. The number of benzene rings is 1. The standard InChI is InChI=1S/C10H14FO7PS/c1-7-3-9(11)8(10(4-7)20(2,15)16)5-17-6-18-19(12,13)14/h3-4H,5-6H2,1-2H3,(H2,12,13,14). The quantitative estimate of drug-likeness (QED) is 0.457. The summed E-state index contributed by atoms with van der Waals surface area (Å²) in [6, 6.07) is 2.43. The first-order chi connectivity index (χ1) is 9.00. The van der Waals surface area contributed by atoms with E-state index in [9.17, 15) is 17.4 Å². The maximum absolute atomic E-state index is 13.8. The van der Waals surface area contributed by atoms with Gasteiger partial charge in [0.05, 0.1) is 11.5 Å². The normalized spacial score (nSPS) is 12.7. The summed E-state index contributed by atoms with van der Waals surface area (Å²) in [4.78, 5) is 16.6. The van der Waals surface area contributed by atoms with E-state index in [1.54, 1.807) is 6.92 Å². The third-order valence-corrected chi connectivity index (χ3v) is 3.85. The number of hydrogen-bond acceptors (Lipinski definition) is 5. The van der Waals surface area contributed by atoms with Crippen molar-refractivity contribution in [2.24, 2.45) is 0 Å². The molecule has 0 bridgehead atoms. The fraction of sp³-hybridized carbons (Fsp3) is 0.400. The summed E-state index contributed by atoms with van der Waals surface area (Å²) in [5.41, 5.74) is 0.213. The Hall–Kier alpha value is -0.830. The predicted molar refractivity (Wildman–Crippen MR) is 67.0 cm³/mol. The van der Waals surface area contributed by atoms with Crippen LogP contribution in [0.15, 0.2) is 17.0 Å². The lowest BCUT2D eigenvalue weighted by atomic mass is 10.1. The van der Waals surface area contributed by atoms with Crippen molar-refractivity contribution in [3.63, 3.8) is 0 Å². The SMILES string of the molecule is Cc1cc(F)c(COCOP(=O)(O)O)c(S(C)(=O)=O)c1. The average molecular weight is 328 g/mol. The van der Waals surface area contributed by atoms with Crippen LogP contribution >= 0.6 is 7.82 Å². The van der Waals surface area contributed by atoms with Gasteiger partial charge in [0.25, 0.3) is 0 Å². The molecule has 10 heteroatoms. The molecule has 1 aromatic carbocycles. The van der Waals surface area contributed by atoms with Gasteiger partial charge in [-0.1, -0.05) is 0 Å². The van der Waals surface area contributed by atoms with Gasteiger partial charge in [-0.3, -0.25) is 4.52 Å². The zero-order valence-electron chi connectivity index (χ0n) is 10.7. The van der Waals surface area contributed by atoms with Crippen LogP contribution in [-0.2, 0) is 30.3 Å². The minimum absolute atomic E-state index is 0.215. The number of phosphoric ester groups is 1. The van der Waals surface area contributed by atoms with Crippen LogP contribution < -0.4 is 0 Å². The molecule has 0 aliphatic carbocycles. The van der Waals surface area contributed by atoms with Gasteiger partial charge in [-0.2, -0.15) is 0 Å². The summed E-state index contributed by atoms with van der Waals surface area (Å²) in [5.74, 6) is -0.776. The number of phosphoric acid groups is 1. The van der Waals surface area contributed by atoms with E-state index in [0.29, 0.717) is 5.56 Å². The summed E-state index contributed by atoms with van der Waals surface area (Å²) < 4.78 is 56.1. The van der Waals surface area contributed by atoms with E-state index >= 15 is 0 Å². The molecule has 0 aromatic heterocycles. The zero-order valence-corrected chi connectivity index (χ0v) is 12.4. The number of sulfone groups is 1. The van der Waals surface area contributed by atoms with Gasteiger partial charge in [-0.15, -0.1) is 0 Å². The Labute approximate surface area is 115 Å². The number of aryl methyl sites for hydroxylation is 1. The van der Waals surface area contributed by atoms with Gasteiger partial charge < -0.3 is 14.5 Å². The van der Waals surface area contributed by atoms with Crippen molar-refractivity contribution in [3.05, 3.63) is 29.1 Å². The molecule has 0 saturated carbocycles. The zero-order chi connectivity index (χ0) is 15.6. The number of rotatable bonds is 6. The van der Waals surface area contributed by atoms with Crippen LogP contribution in [0.5, 0.6) is 0 Å². The van der Waals surface area contributed by atoms with E-state index in [1.807, 2.05) is 0 Å². The third kappa shape index (κ3) is 5.28. The molecule has 0 aliphatic heterocycles. The second-order valence-electron chi connectivity index (χ2n) is 4.08. The molecule has 0 heterocycles. The molecule has 1 rings (SSSR count). The lowest BCUT2D eigenvalue weighted by Crippen LogP contribution is -2.08. The Kier molecular flexibility index (Phi) is 5.42. The maximum Gasteiger partial charge on any atom is 0.471 e. The summed E-state index contributed by atoms with van der Waals surface area (Å²) >= 11 is 0. The van der Waals surface area contributed by atoms with Crippen molar-refractivity contribution >= 4 is 17.7 Å². The van der Waals surface area contributed by atoms with Crippen LogP contribution in [0.2, 0.25) is 0 Å². The van der Waals surface area contributed by atoms with Crippen LogP contribution in [0, 0.1) is 12.7 Å². The topological polar surface area (TPSA) is 110 Å². The van der Waals surface area contributed by atoms with E-state index in [4.69, 9.17) is 14.5 Å². The number of hydrogen-bond donors (Lipinski definition) is 2. The molecule has 7 nitrogen and oxygen atoms in total. The molecule has 0 atom stereocenters. The van der Waals surface area contributed by atoms with E-state index in [0.717, 1.165) is 12.3 Å². The lowest BCUT2D eigenvalue weighted by molar-refractivity contribution is -0.0125. The lowest BCUT2D eigenvalue weighted by Gasteiger charge is -2.11. The minimum Gasteiger partial charge on any atom is -0.350 e. The van der Waals surface area contributed by atoms with Gasteiger partial charge in [-0.25, -0.2) is 17.4 Å². The van der Waals surface area contributed by atoms with Crippen LogP contribution in [-0.4, -0.2) is 31.3 Å². The molecule has 0 saturated heterocycles. The van der Waals surface area contributed by atoms with Gasteiger partial charge in [0.15, 0.2) is 16.6 Å². The fourth-order valence-electron chi connectivity index (χ4n) is 1.46. The first kappa shape index (κ1) is 17.2. The second-order valence-corrected chi connectivity index (χ2v) is 7.31. The Balaban J connectivity index is 2.92. The minimum atomic E-state index is -4.69. The third-order valence-electron chi connectivity index (χ3n) is 2.25.